The summed E-state index contributed by atoms with van der Waals surface area (Å²) in [6.45, 7) is 2.91. The van der Waals surface area contributed by atoms with Crippen LogP contribution in [0.4, 0.5) is 0 Å². The fourth-order valence-electron chi connectivity index (χ4n) is 3.19. The van der Waals surface area contributed by atoms with Crippen LogP contribution >= 0.6 is 0 Å². The number of aryl methyl sites for hydroxylation is 1. The van der Waals surface area contributed by atoms with Crippen LogP contribution in [0, 0.1) is 0 Å². The molecule has 5 rings (SSSR count). The number of pyridine rings is 2. The average molecular weight is 330 g/mol. The minimum Gasteiger partial charge on any atom is -0.276 e. The predicted octanol–water partition coefficient (Wildman–Crippen LogP) is 3.78. The third-order valence-corrected chi connectivity index (χ3v) is 4.78. The number of hydrogen-bond donors (Lipinski definition) is 1. The number of rotatable bonds is 4. The van der Waals surface area contributed by atoms with Gasteiger partial charge >= 0.3 is 0 Å². The fourth-order valence-corrected chi connectivity index (χ4v) is 3.19. The summed E-state index contributed by atoms with van der Waals surface area (Å²) in [4.78, 5) is 9.09. The second-order valence-electron chi connectivity index (χ2n) is 6.52. The zero-order chi connectivity index (χ0) is 16.8. The summed E-state index contributed by atoms with van der Waals surface area (Å²) in [5.41, 5.74) is 5.98. The summed E-state index contributed by atoms with van der Waals surface area (Å²) in [5, 5.41) is 12.9. The molecule has 1 fully saturated rings. The quantitative estimate of drug-likeness (QED) is 0.618. The molecule has 1 saturated carbocycles. The first kappa shape index (κ1) is 14.3. The van der Waals surface area contributed by atoms with Crippen molar-refractivity contribution in [1.82, 2.24) is 29.9 Å². The van der Waals surface area contributed by atoms with Crippen LogP contribution in [0.2, 0.25) is 0 Å². The van der Waals surface area contributed by atoms with Crippen molar-refractivity contribution < 1.29 is 0 Å². The van der Waals surface area contributed by atoms with Gasteiger partial charge in [-0.25, -0.2) is 0 Å². The molecule has 0 atom stereocenters. The predicted molar refractivity (Wildman–Crippen MR) is 96.0 cm³/mol. The van der Waals surface area contributed by atoms with E-state index in [1.165, 1.54) is 18.4 Å². The number of aromatic nitrogens is 6. The molecular formula is C19H18N6. The molecule has 6 heteroatoms. The molecule has 1 aliphatic carbocycles. The molecule has 0 saturated heterocycles. The van der Waals surface area contributed by atoms with Crippen molar-refractivity contribution in [1.29, 1.82) is 0 Å². The van der Waals surface area contributed by atoms with E-state index in [1.54, 1.807) is 0 Å². The van der Waals surface area contributed by atoms with Crippen molar-refractivity contribution in [3.8, 4) is 22.6 Å². The Balaban J connectivity index is 1.61. The highest BCUT2D eigenvalue weighted by molar-refractivity contribution is 5.93. The van der Waals surface area contributed by atoms with Crippen LogP contribution in [-0.2, 0) is 6.54 Å². The number of aromatic amines is 1. The molecule has 0 bridgehead atoms. The van der Waals surface area contributed by atoms with Gasteiger partial charge in [0.05, 0.1) is 29.3 Å². The summed E-state index contributed by atoms with van der Waals surface area (Å²) in [5.74, 6) is 0.698. The molecule has 6 nitrogen and oxygen atoms in total. The van der Waals surface area contributed by atoms with E-state index >= 15 is 0 Å². The van der Waals surface area contributed by atoms with Crippen LogP contribution in [0.15, 0.2) is 43.0 Å². The fraction of sp³-hybridized carbons (Fsp3) is 0.263. The topological polar surface area (TPSA) is 72.3 Å². The van der Waals surface area contributed by atoms with Gasteiger partial charge in [-0.2, -0.15) is 10.2 Å². The van der Waals surface area contributed by atoms with E-state index in [-0.39, 0.29) is 0 Å². The molecule has 1 N–H and O–H groups in total. The molecular weight excluding hydrogens is 312 g/mol. The Morgan fingerprint density at radius 2 is 2.08 bits per heavy atom. The lowest BCUT2D eigenvalue weighted by Crippen LogP contribution is -1.92. The van der Waals surface area contributed by atoms with E-state index < -0.39 is 0 Å². The molecule has 0 aliphatic heterocycles. The molecule has 25 heavy (non-hydrogen) atoms. The second-order valence-corrected chi connectivity index (χ2v) is 6.52. The van der Waals surface area contributed by atoms with E-state index in [0.717, 1.165) is 40.1 Å². The first-order valence-electron chi connectivity index (χ1n) is 8.65. The number of nitrogens with zero attached hydrogens (tertiary/aromatic N) is 5. The number of fused-ring (bicyclic) bond motifs is 1. The van der Waals surface area contributed by atoms with Crippen LogP contribution in [0.1, 0.15) is 31.2 Å². The maximum absolute atomic E-state index is 4.54. The molecule has 0 radical (unpaired) electrons. The number of H-pyrrole nitrogens is 1. The third-order valence-electron chi connectivity index (χ3n) is 4.78. The summed E-state index contributed by atoms with van der Waals surface area (Å²) >= 11 is 0. The smallest absolute Gasteiger partial charge is 0.118 e. The Hall–Kier alpha value is -3.02. The maximum Gasteiger partial charge on any atom is 0.118 e. The van der Waals surface area contributed by atoms with Crippen molar-refractivity contribution >= 4 is 10.9 Å². The number of hydrogen-bond acceptors (Lipinski definition) is 4. The van der Waals surface area contributed by atoms with E-state index in [9.17, 15) is 0 Å². The summed E-state index contributed by atoms with van der Waals surface area (Å²) in [7, 11) is 0. The molecule has 124 valence electrons. The average Bonchev–Trinajstić information content (AvgIpc) is 3.25. The van der Waals surface area contributed by atoms with Crippen LogP contribution in [0.3, 0.4) is 0 Å². The minimum atomic E-state index is 0.698. The Labute approximate surface area is 144 Å². The van der Waals surface area contributed by atoms with Gasteiger partial charge in [-0.05, 0) is 49.4 Å². The Morgan fingerprint density at radius 1 is 1.16 bits per heavy atom. The van der Waals surface area contributed by atoms with Crippen molar-refractivity contribution in [2.45, 2.75) is 32.2 Å². The van der Waals surface area contributed by atoms with E-state index in [1.807, 2.05) is 29.5 Å². The van der Waals surface area contributed by atoms with Crippen LogP contribution in [0.25, 0.3) is 33.5 Å². The molecule has 0 spiro atoms. The van der Waals surface area contributed by atoms with Gasteiger partial charge in [0.25, 0.3) is 0 Å². The standard InChI is InChI=1S/C19H18N6/c1-2-25-11-14(9-22-25)16-8-15-18(10-21-16)23-24-19(15)17-7-13(5-6-20-17)12-3-4-12/h5-12H,2-4H2,1H3,(H,23,24). The Kier molecular flexibility index (Phi) is 3.16. The highest BCUT2D eigenvalue weighted by Crippen LogP contribution is 2.41. The summed E-state index contributed by atoms with van der Waals surface area (Å²) < 4.78 is 1.90. The highest BCUT2D eigenvalue weighted by atomic mass is 15.3. The van der Waals surface area contributed by atoms with Crippen molar-refractivity contribution in [3.63, 3.8) is 0 Å². The SMILES string of the molecule is CCn1cc(-c2cc3c(-c4cc(C5CC5)ccn4)n[nH]c3cn2)cn1. The van der Waals surface area contributed by atoms with Gasteiger partial charge in [0.2, 0.25) is 0 Å². The van der Waals surface area contributed by atoms with Crippen molar-refractivity contribution in [3.05, 3.63) is 48.5 Å². The molecule has 4 aromatic rings. The van der Waals surface area contributed by atoms with Crippen molar-refractivity contribution in [2.75, 3.05) is 0 Å². The summed E-state index contributed by atoms with van der Waals surface area (Å²) in [6, 6.07) is 6.35. The first-order chi connectivity index (χ1) is 12.3. The van der Waals surface area contributed by atoms with Gasteiger partial charge in [0.1, 0.15) is 5.69 Å². The maximum atomic E-state index is 4.54. The minimum absolute atomic E-state index is 0.698. The highest BCUT2D eigenvalue weighted by Gasteiger charge is 2.24. The zero-order valence-electron chi connectivity index (χ0n) is 14.0. The van der Waals surface area contributed by atoms with Gasteiger partial charge in [-0.3, -0.25) is 19.7 Å². The number of nitrogens with one attached hydrogen (secondary N) is 1. The van der Waals surface area contributed by atoms with E-state index in [0.29, 0.717) is 5.92 Å². The third kappa shape index (κ3) is 2.50. The largest absolute Gasteiger partial charge is 0.276 e. The van der Waals surface area contributed by atoms with Gasteiger partial charge in [-0.1, -0.05) is 0 Å². The molecule has 4 aromatic heterocycles. The molecule has 0 unspecified atom stereocenters. The van der Waals surface area contributed by atoms with Crippen molar-refractivity contribution in [2.24, 2.45) is 0 Å². The van der Waals surface area contributed by atoms with Gasteiger partial charge < -0.3 is 0 Å². The van der Waals surface area contributed by atoms with Gasteiger partial charge in [0, 0.05) is 29.9 Å². The van der Waals surface area contributed by atoms with Gasteiger partial charge in [0.15, 0.2) is 0 Å². The van der Waals surface area contributed by atoms with Crippen LogP contribution in [0.5, 0.6) is 0 Å². The Morgan fingerprint density at radius 3 is 2.88 bits per heavy atom. The van der Waals surface area contributed by atoms with E-state index in [2.05, 4.69) is 50.4 Å². The lowest BCUT2D eigenvalue weighted by molar-refractivity contribution is 0.660. The zero-order valence-corrected chi connectivity index (χ0v) is 14.0. The van der Waals surface area contributed by atoms with E-state index in [4.69, 9.17) is 0 Å². The first-order valence-corrected chi connectivity index (χ1v) is 8.65. The molecule has 0 amide bonds. The molecule has 4 heterocycles. The monoisotopic (exact) mass is 330 g/mol. The van der Waals surface area contributed by atoms with Crippen LogP contribution < -0.4 is 0 Å². The molecule has 0 aromatic carbocycles. The van der Waals surface area contributed by atoms with Crippen LogP contribution in [-0.4, -0.2) is 29.9 Å². The lowest BCUT2D eigenvalue weighted by Gasteiger charge is -2.02. The van der Waals surface area contributed by atoms with Gasteiger partial charge in [-0.15, -0.1) is 0 Å². The lowest BCUT2D eigenvalue weighted by atomic mass is 10.1. The normalized spacial score (nSPS) is 14.3. The Bertz CT molecular complexity index is 1060. The summed E-state index contributed by atoms with van der Waals surface area (Å²) in [6.07, 6.45) is 10.1. The molecule has 1 aliphatic rings. The second kappa shape index (κ2) is 5.51.